The first-order chi connectivity index (χ1) is 14.3. The van der Waals surface area contributed by atoms with Gasteiger partial charge in [0.15, 0.2) is 17.3 Å². The van der Waals surface area contributed by atoms with E-state index in [1.54, 1.807) is 20.8 Å². The molecule has 13 heteroatoms. The van der Waals surface area contributed by atoms with E-state index >= 15 is 0 Å². The number of carbonyl (C=O) groups is 3. The highest BCUT2D eigenvalue weighted by Gasteiger charge is 1.96. The molecular weight excluding hydrogens is 426 g/mol. The minimum absolute atomic E-state index is 0. The minimum Gasteiger partial charge on any atom is -0.411 e. The summed E-state index contributed by atoms with van der Waals surface area (Å²) in [5.41, 5.74) is 2.05. The first-order valence-corrected chi connectivity index (χ1v) is 8.51. The van der Waals surface area contributed by atoms with Crippen LogP contribution in [0.1, 0.15) is 62.8 Å². The van der Waals surface area contributed by atoms with Crippen molar-refractivity contribution >= 4 is 45.9 Å². The standard InChI is InChI=1S/C5H10N2O2.C5H9NO2.C4H8N2O2.C4H6O2.CH4/c1-4(6-8)5(2)7-9-3;1-4(5(2)7)6-8-3;1-3(5-7)4(2)6-8;1-3(5)4(2)6;/h8H,1-3H3;1-3H3;7-8H,1-2H3;1-2H3;1H4/b6-4+,7-5+;6-4+;5-3+,6-4+;;. The van der Waals surface area contributed by atoms with Crippen LogP contribution in [0.4, 0.5) is 0 Å². The molecule has 0 radical (unpaired) electrons. The maximum Gasteiger partial charge on any atom is 0.195 e. The molecule has 13 nitrogen and oxygen atoms in total. The van der Waals surface area contributed by atoms with Gasteiger partial charge in [-0.25, -0.2) is 0 Å². The van der Waals surface area contributed by atoms with E-state index in [1.807, 2.05) is 0 Å². The van der Waals surface area contributed by atoms with E-state index in [-0.39, 0.29) is 24.8 Å². The van der Waals surface area contributed by atoms with Crippen molar-refractivity contribution in [2.45, 2.75) is 62.8 Å². The molecule has 0 heterocycles. The molecule has 0 saturated carbocycles. The second-order valence-corrected chi connectivity index (χ2v) is 5.44. The Labute approximate surface area is 189 Å². The van der Waals surface area contributed by atoms with Crippen LogP contribution in [0, 0.1) is 0 Å². The van der Waals surface area contributed by atoms with Gasteiger partial charge >= 0.3 is 0 Å². The van der Waals surface area contributed by atoms with Crippen molar-refractivity contribution in [1.29, 1.82) is 0 Å². The number of Topliss-reactive ketones (excluding diaryl/α,β-unsaturated/α-hetero) is 3. The Hall–Kier alpha value is -3.64. The molecule has 0 aliphatic rings. The number of ketones is 3. The van der Waals surface area contributed by atoms with Gasteiger partial charge in [-0.15, -0.1) is 0 Å². The molecule has 0 bridgehead atoms. The number of carbonyl (C=O) groups excluding carboxylic acids is 3. The van der Waals surface area contributed by atoms with Gasteiger partial charge in [-0.3, -0.25) is 14.4 Å². The molecule has 0 aromatic rings. The molecule has 0 aliphatic heterocycles. The van der Waals surface area contributed by atoms with E-state index in [4.69, 9.17) is 15.6 Å². The Morgan fingerprint density at radius 2 is 0.750 bits per heavy atom. The number of nitrogens with zero attached hydrogens (tertiary/aromatic N) is 5. The third kappa shape index (κ3) is 28.6. The largest absolute Gasteiger partial charge is 0.411 e. The fraction of sp³-hybridized carbons (Fsp3) is 0.579. The maximum absolute atomic E-state index is 10.3. The minimum atomic E-state index is -0.380. The number of rotatable bonds is 6. The topological polar surface area (TPSA) is 192 Å². The van der Waals surface area contributed by atoms with Crippen LogP contribution < -0.4 is 0 Å². The predicted molar refractivity (Wildman–Crippen MR) is 124 cm³/mol. The molecule has 32 heavy (non-hydrogen) atoms. The van der Waals surface area contributed by atoms with Crippen molar-refractivity contribution < 1.29 is 39.7 Å². The van der Waals surface area contributed by atoms with E-state index in [0.717, 1.165) is 0 Å². The predicted octanol–water partition coefficient (Wildman–Crippen LogP) is 2.94. The van der Waals surface area contributed by atoms with Crippen LogP contribution in [0.5, 0.6) is 0 Å². The summed E-state index contributed by atoms with van der Waals surface area (Å²) in [6.07, 6.45) is 0. The molecule has 0 unspecified atom stereocenters. The molecular formula is C19H37N5O8. The summed E-state index contributed by atoms with van der Waals surface area (Å²) in [5.74, 6) is -0.822. The highest BCUT2D eigenvalue weighted by atomic mass is 16.6. The van der Waals surface area contributed by atoms with Crippen LogP contribution in [0.2, 0.25) is 0 Å². The highest BCUT2D eigenvalue weighted by Crippen LogP contribution is 1.82. The van der Waals surface area contributed by atoms with Gasteiger partial charge in [-0.2, -0.15) is 0 Å². The molecule has 186 valence electrons. The summed E-state index contributed by atoms with van der Waals surface area (Å²) in [5, 5.41) is 39.6. The van der Waals surface area contributed by atoms with Crippen LogP contribution in [-0.2, 0) is 24.1 Å². The summed E-state index contributed by atoms with van der Waals surface area (Å²) >= 11 is 0. The van der Waals surface area contributed by atoms with Gasteiger partial charge in [-0.05, 0) is 34.6 Å². The average molecular weight is 464 g/mol. The lowest BCUT2D eigenvalue weighted by molar-refractivity contribution is -0.134. The molecule has 0 aromatic carbocycles. The zero-order chi connectivity index (χ0) is 25.6. The molecule has 0 aromatic heterocycles. The van der Waals surface area contributed by atoms with Crippen LogP contribution >= 0.6 is 0 Å². The quantitative estimate of drug-likeness (QED) is 0.231. The zero-order valence-corrected chi connectivity index (χ0v) is 19.6. The maximum atomic E-state index is 10.3. The second-order valence-electron chi connectivity index (χ2n) is 5.44. The van der Waals surface area contributed by atoms with Gasteiger partial charge in [0.1, 0.15) is 42.8 Å². The van der Waals surface area contributed by atoms with E-state index < -0.39 is 0 Å². The monoisotopic (exact) mass is 463 g/mol. The molecule has 0 aliphatic carbocycles. The van der Waals surface area contributed by atoms with Gasteiger partial charge in [0.25, 0.3) is 0 Å². The lowest BCUT2D eigenvalue weighted by Crippen LogP contribution is -2.05. The van der Waals surface area contributed by atoms with Crippen LogP contribution in [0.3, 0.4) is 0 Å². The van der Waals surface area contributed by atoms with E-state index in [0.29, 0.717) is 28.6 Å². The van der Waals surface area contributed by atoms with Gasteiger partial charge in [0.2, 0.25) is 0 Å². The molecule has 0 atom stereocenters. The second kappa shape index (κ2) is 25.4. The zero-order valence-electron chi connectivity index (χ0n) is 19.6. The third-order valence-electron chi connectivity index (χ3n) is 2.96. The summed E-state index contributed by atoms with van der Waals surface area (Å²) in [6.45, 7) is 12.0. The fourth-order valence-corrected chi connectivity index (χ4v) is 0.621. The first kappa shape index (κ1) is 38.9. The molecule has 0 amide bonds. The van der Waals surface area contributed by atoms with E-state index in [2.05, 4.69) is 35.5 Å². The Balaban J connectivity index is -0.000000101. The Morgan fingerprint density at radius 1 is 0.500 bits per heavy atom. The third-order valence-corrected chi connectivity index (χ3v) is 2.96. The van der Waals surface area contributed by atoms with Gasteiger partial charge in [0, 0.05) is 20.8 Å². The molecule has 0 spiro atoms. The SMILES string of the molecule is C.CC(=N\O)/C(C)=N/O.CC(=O)C(C)=O.CO/N=C(C)/C(C)=N/O.CO/N=C(\C)C(C)=O. The smallest absolute Gasteiger partial charge is 0.195 e. The normalized spacial score (nSPS) is 11.6. The van der Waals surface area contributed by atoms with Crippen molar-refractivity contribution in [1.82, 2.24) is 0 Å². The van der Waals surface area contributed by atoms with Gasteiger partial charge in [-0.1, -0.05) is 33.2 Å². The van der Waals surface area contributed by atoms with Gasteiger partial charge < -0.3 is 25.3 Å². The summed E-state index contributed by atoms with van der Waals surface area (Å²) < 4.78 is 0. The molecule has 0 fully saturated rings. The van der Waals surface area contributed by atoms with Crippen LogP contribution in [-0.4, -0.2) is 75.7 Å². The summed E-state index contributed by atoms with van der Waals surface area (Å²) in [4.78, 5) is 38.7. The lowest BCUT2D eigenvalue weighted by atomic mass is 10.3. The van der Waals surface area contributed by atoms with Crippen molar-refractivity contribution in [3.8, 4) is 0 Å². The van der Waals surface area contributed by atoms with Crippen LogP contribution in [0.25, 0.3) is 0 Å². The summed E-state index contributed by atoms with van der Waals surface area (Å²) in [7, 11) is 2.85. The first-order valence-electron chi connectivity index (χ1n) is 8.51. The van der Waals surface area contributed by atoms with Crippen molar-refractivity contribution in [2.24, 2.45) is 25.8 Å². The van der Waals surface area contributed by atoms with E-state index in [1.165, 1.54) is 48.8 Å². The Morgan fingerprint density at radius 3 is 0.906 bits per heavy atom. The van der Waals surface area contributed by atoms with Crippen molar-refractivity contribution in [2.75, 3.05) is 14.2 Å². The van der Waals surface area contributed by atoms with Gasteiger partial charge in [0.05, 0.1) is 0 Å². The van der Waals surface area contributed by atoms with E-state index in [9.17, 15) is 14.4 Å². The molecule has 3 N–H and O–H groups in total. The van der Waals surface area contributed by atoms with Crippen molar-refractivity contribution in [3.05, 3.63) is 0 Å². The fourth-order valence-electron chi connectivity index (χ4n) is 0.621. The average Bonchev–Trinajstić information content (AvgIpc) is 2.73. The highest BCUT2D eigenvalue weighted by molar-refractivity contribution is 6.40. The number of hydrogen-bond acceptors (Lipinski definition) is 13. The number of oxime groups is 5. The van der Waals surface area contributed by atoms with Crippen molar-refractivity contribution in [3.63, 3.8) is 0 Å². The van der Waals surface area contributed by atoms with Crippen LogP contribution in [0.15, 0.2) is 25.8 Å². The number of hydrogen-bond donors (Lipinski definition) is 3. The molecule has 0 rings (SSSR count). The Kier molecular flexibility index (Phi) is 30.9. The Bertz CT molecular complexity index is 683. The summed E-state index contributed by atoms with van der Waals surface area (Å²) in [6, 6.07) is 0. The molecule has 0 saturated heterocycles. The lowest BCUT2D eigenvalue weighted by Gasteiger charge is -1.92.